The lowest BCUT2D eigenvalue weighted by Gasteiger charge is -2.54. The van der Waals surface area contributed by atoms with Crippen molar-refractivity contribution in [2.45, 2.75) is 51.7 Å². The number of carbonyl (C=O) groups excluding carboxylic acids is 1. The van der Waals surface area contributed by atoms with Crippen LogP contribution in [0, 0.1) is 30.6 Å². The second-order valence-electron chi connectivity index (χ2n) is 9.01. The molecule has 4 fully saturated rings. The Hall–Kier alpha value is -2.14. The molecule has 4 nitrogen and oxygen atoms in total. The third-order valence-electron chi connectivity index (χ3n) is 6.90. The van der Waals surface area contributed by atoms with E-state index in [1.807, 2.05) is 42.6 Å². The number of amides is 1. The average molecular weight is 409 g/mol. The average Bonchev–Trinajstić information content (AvgIpc) is 3.13. The van der Waals surface area contributed by atoms with Crippen LogP contribution in [0.5, 0.6) is 5.75 Å². The van der Waals surface area contributed by atoms with E-state index in [2.05, 4.69) is 10.3 Å². The quantitative estimate of drug-likeness (QED) is 0.686. The molecule has 152 valence electrons. The van der Waals surface area contributed by atoms with Crippen LogP contribution >= 0.6 is 11.3 Å². The lowest BCUT2D eigenvalue weighted by molar-refractivity contribution is -0.120. The van der Waals surface area contributed by atoms with Crippen LogP contribution < -0.4 is 10.1 Å². The Morgan fingerprint density at radius 3 is 2.45 bits per heavy atom. The highest BCUT2D eigenvalue weighted by Gasteiger charge is 2.48. The van der Waals surface area contributed by atoms with Gasteiger partial charge in [0.1, 0.15) is 12.4 Å². The second kappa shape index (κ2) is 7.94. The van der Waals surface area contributed by atoms with Gasteiger partial charge in [-0.2, -0.15) is 0 Å². The molecule has 29 heavy (non-hydrogen) atoms. The Labute approximate surface area is 176 Å². The van der Waals surface area contributed by atoms with E-state index in [4.69, 9.17) is 4.74 Å². The zero-order chi connectivity index (χ0) is 19.8. The lowest BCUT2D eigenvalue weighted by atomic mass is 9.54. The van der Waals surface area contributed by atoms with Crippen molar-refractivity contribution in [1.82, 2.24) is 10.3 Å². The van der Waals surface area contributed by atoms with Gasteiger partial charge in [-0.3, -0.25) is 4.79 Å². The number of nitrogens with zero attached hydrogens (tertiary/aromatic N) is 1. The summed E-state index contributed by atoms with van der Waals surface area (Å²) < 4.78 is 5.78. The van der Waals surface area contributed by atoms with Gasteiger partial charge in [0.2, 0.25) is 5.91 Å². The zero-order valence-corrected chi connectivity index (χ0v) is 17.7. The van der Waals surface area contributed by atoms with Gasteiger partial charge in [0.05, 0.1) is 10.7 Å². The van der Waals surface area contributed by atoms with Gasteiger partial charge in [-0.1, -0.05) is 12.1 Å². The molecule has 1 aromatic heterocycles. The van der Waals surface area contributed by atoms with Crippen LogP contribution in [0.4, 0.5) is 0 Å². The number of hydrogen-bond acceptors (Lipinski definition) is 4. The van der Waals surface area contributed by atoms with Gasteiger partial charge in [0.25, 0.3) is 0 Å². The van der Waals surface area contributed by atoms with Crippen LogP contribution in [0.2, 0.25) is 0 Å². The summed E-state index contributed by atoms with van der Waals surface area (Å²) in [5.74, 6) is 4.14. The fourth-order valence-corrected chi connectivity index (χ4v) is 6.45. The maximum absolute atomic E-state index is 12.5. The smallest absolute Gasteiger partial charge is 0.244 e. The van der Waals surface area contributed by atoms with Crippen LogP contribution in [0.15, 0.2) is 35.7 Å². The Morgan fingerprint density at radius 2 is 1.83 bits per heavy atom. The molecular weight excluding hydrogens is 380 g/mol. The molecule has 4 aliphatic carbocycles. The van der Waals surface area contributed by atoms with Crippen molar-refractivity contribution >= 4 is 23.3 Å². The van der Waals surface area contributed by atoms with Crippen molar-refractivity contribution in [3.05, 3.63) is 52.0 Å². The Bertz CT molecular complexity index is 874. The molecule has 1 aromatic carbocycles. The van der Waals surface area contributed by atoms with Crippen LogP contribution in [0.25, 0.3) is 6.08 Å². The van der Waals surface area contributed by atoms with E-state index < -0.39 is 0 Å². The monoisotopic (exact) mass is 408 g/mol. The molecule has 1 amide bonds. The van der Waals surface area contributed by atoms with Gasteiger partial charge in [-0.15, -0.1) is 11.3 Å². The number of ether oxygens (including phenoxy) is 1. The SMILES string of the molecule is Cc1nc(COc2ccc(/C=C/C(=O)NC3C4CC5CC(C4)CC3C5)cc2)cs1. The minimum absolute atomic E-state index is 0.0432. The number of rotatable bonds is 6. The lowest BCUT2D eigenvalue weighted by Crippen LogP contribution is -2.55. The molecule has 0 aliphatic heterocycles. The highest BCUT2D eigenvalue weighted by molar-refractivity contribution is 7.09. The fourth-order valence-electron chi connectivity index (χ4n) is 5.85. The number of hydrogen-bond donors (Lipinski definition) is 1. The third kappa shape index (κ3) is 4.25. The van der Waals surface area contributed by atoms with Crippen LogP contribution in [0.1, 0.15) is 48.4 Å². The normalized spacial score (nSPS) is 30.0. The summed E-state index contributed by atoms with van der Waals surface area (Å²) in [5.41, 5.74) is 1.96. The number of aryl methyl sites for hydroxylation is 1. The predicted molar refractivity (Wildman–Crippen MR) is 116 cm³/mol. The van der Waals surface area contributed by atoms with Crippen LogP contribution in [-0.2, 0) is 11.4 Å². The first-order valence-corrected chi connectivity index (χ1v) is 11.6. The standard InChI is InChI=1S/C24H28N2O2S/c1-15-25-21(14-29-15)13-28-22-5-2-16(3-6-22)4-7-23(27)26-24-19-9-17-8-18(11-19)12-20(24)10-17/h2-7,14,17-20,24H,8-13H2,1H3,(H,26,27)/b7-4+. The molecular formula is C24H28N2O2S. The molecule has 2 aromatic rings. The summed E-state index contributed by atoms with van der Waals surface area (Å²) in [6.07, 6.45) is 10.3. The maximum Gasteiger partial charge on any atom is 0.244 e. The minimum atomic E-state index is 0.0432. The van der Waals surface area contributed by atoms with Crippen molar-refractivity contribution in [2.24, 2.45) is 23.7 Å². The van der Waals surface area contributed by atoms with E-state index in [-0.39, 0.29) is 5.91 Å². The molecule has 6 rings (SSSR count). The number of aromatic nitrogens is 1. The van der Waals surface area contributed by atoms with Gasteiger partial charge < -0.3 is 10.1 Å². The molecule has 0 unspecified atom stereocenters. The van der Waals surface area contributed by atoms with Gasteiger partial charge >= 0.3 is 0 Å². The summed E-state index contributed by atoms with van der Waals surface area (Å²) in [6.45, 7) is 2.47. The first-order valence-electron chi connectivity index (χ1n) is 10.7. The molecule has 0 radical (unpaired) electrons. The highest BCUT2D eigenvalue weighted by Crippen LogP contribution is 2.53. The maximum atomic E-state index is 12.5. The van der Waals surface area contributed by atoms with Gasteiger partial charge in [0.15, 0.2) is 0 Å². The topological polar surface area (TPSA) is 51.2 Å². The molecule has 4 bridgehead atoms. The summed E-state index contributed by atoms with van der Waals surface area (Å²) in [6, 6.07) is 8.23. The Balaban J connectivity index is 1.13. The van der Waals surface area contributed by atoms with Gasteiger partial charge in [-0.05, 0) is 86.5 Å². The second-order valence-corrected chi connectivity index (χ2v) is 10.1. The van der Waals surface area contributed by atoms with Crippen molar-refractivity contribution in [1.29, 1.82) is 0 Å². The summed E-state index contributed by atoms with van der Waals surface area (Å²) in [5, 5.41) is 6.40. The number of nitrogens with one attached hydrogen (secondary N) is 1. The van der Waals surface area contributed by atoms with Gasteiger partial charge in [-0.25, -0.2) is 4.98 Å². The van der Waals surface area contributed by atoms with E-state index in [1.165, 1.54) is 32.1 Å². The van der Waals surface area contributed by atoms with E-state index in [9.17, 15) is 4.79 Å². The molecule has 4 aliphatic rings. The van der Waals surface area contributed by atoms with Crippen molar-refractivity contribution in [3.63, 3.8) is 0 Å². The van der Waals surface area contributed by atoms with E-state index in [0.717, 1.165) is 33.9 Å². The first kappa shape index (κ1) is 18.9. The Kier molecular flexibility index (Phi) is 5.17. The summed E-state index contributed by atoms with van der Waals surface area (Å²) in [7, 11) is 0. The summed E-state index contributed by atoms with van der Waals surface area (Å²) in [4.78, 5) is 16.9. The van der Waals surface area contributed by atoms with E-state index in [0.29, 0.717) is 24.5 Å². The highest BCUT2D eigenvalue weighted by atomic mass is 32.1. The number of thiazole rings is 1. The largest absolute Gasteiger partial charge is 0.487 e. The molecule has 0 atom stereocenters. The molecule has 1 heterocycles. The molecule has 0 spiro atoms. The van der Waals surface area contributed by atoms with Crippen molar-refractivity contribution < 1.29 is 9.53 Å². The van der Waals surface area contributed by atoms with Crippen LogP contribution in [0.3, 0.4) is 0 Å². The van der Waals surface area contributed by atoms with Crippen molar-refractivity contribution in [2.75, 3.05) is 0 Å². The Morgan fingerprint density at radius 1 is 1.14 bits per heavy atom. The third-order valence-corrected chi connectivity index (χ3v) is 7.72. The molecule has 4 saturated carbocycles. The molecule has 5 heteroatoms. The number of benzene rings is 1. The summed E-state index contributed by atoms with van der Waals surface area (Å²) >= 11 is 1.63. The molecule has 0 saturated heterocycles. The predicted octanol–water partition coefficient (Wildman–Crippen LogP) is 4.98. The van der Waals surface area contributed by atoms with Crippen molar-refractivity contribution in [3.8, 4) is 5.75 Å². The van der Waals surface area contributed by atoms with Gasteiger partial charge in [0, 0.05) is 17.5 Å². The van der Waals surface area contributed by atoms with E-state index in [1.54, 1.807) is 17.4 Å². The first-order chi connectivity index (χ1) is 14.1. The molecule has 1 N–H and O–H groups in total. The van der Waals surface area contributed by atoms with E-state index >= 15 is 0 Å². The van der Waals surface area contributed by atoms with Crippen LogP contribution in [-0.4, -0.2) is 16.9 Å². The zero-order valence-electron chi connectivity index (χ0n) is 16.8. The fraction of sp³-hybridized carbons (Fsp3) is 0.500. The number of carbonyl (C=O) groups is 1. The minimum Gasteiger partial charge on any atom is -0.487 e.